The monoisotopic (exact) mass is 341 g/mol. The van der Waals surface area contributed by atoms with Crippen LogP contribution in [0.15, 0.2) is 30.3 Å². The summed E-state index contributed by atoms with van der Waals surface area (Å²) in [6.07, 6.45) is 1.38. The predicted octanol–water partition coefficient (Wildman–Crippen LogP) is 4.73. The SMILES string of the molecule is CCc1cc(C)c(OCc2c(CC)cccc2OC(=O)NC)cc1C. The third-order valence-corrected chi connectivity index (χ3v) is 4.40. The molecule has 4 heteroatoms. The molecule has 2 aromatic rings. The highest BCUT2D eigenvalue weighted by Gasteiger charge is 2.13. The maximum absolute atomic E-state index is 11.6. The number of nitrogens with one attached hydrogen (secondary N) is 1. The number of carbonyl (C=O) groups is 1. The van der Waals surface area contributed by atoms with Crippen molar-refractivity contribution < 1.29 is 14.3 Å². The Morgan fingerprint density at radius 3 is 2.36 bits per heavy atom. The van der Waals surface area contributed by atoms with E-state index in [9.17, 15) is 4.79 Å². The molecule has 0 saturated heterocycles. The number of aryl methyl sites for hydroxylation is 4. The first-order valence-corrected chi connectivity index (χ1v) is 8.73. The predicted molar refractivity (Wildman–Crippen MR) is 101 cm³/mol. The quantitative estimate of drug-likeness (QED) is 0.826. The van der Waals surface area contributed by atoms with Crippen molar-refractivity contribution >= 4 is 6.09 Å². The number of hydrogen-bond acceptors (Lipinski definition) is 3. The molecule has 2 rings (SSSR count). The van der Waals surface area contributed by atoms with Crippen molar-refractivity contribution in [3.05, 3.63) is 58.1 Å². The van der Waals surface area contributed by atoms with Gasteiger partial charge in [-0.25, -0.2) is 4.79 Å². The van der Waals surface area contributed by atoms with Crippen molar-refractivity contribution in [2.45, 2.75) is 47.1 Å². The maximum Gasteiger partial charge on any atom is 0.412 e. The Hall–Kier alpha value is -2.49. The first-order valence-electron chi connectivity index (χ1n) is 8.73. The zero-order valence-corrected chi connectivity index (χ0v) is 15.7. The number of hydrogen-bond donors (Lipinski definition) is 1. The Morgan fingerprint density at radius 1 is 1.00 bits per heavy atom. The minimum absolute atomic E-state index is 0.363. The maximum atomic E-state index is 11.6. The molecule has 0 aliphatic carbocycles. The van der Waals surface area contributed by atoms with Gasteiger partial charge in [0.2, 0.25) is 0 Å². The highest BCUT2D eigenvalue weighted by atomic mass is 16.6. The van der Waals surface area contributed by atoms with Gasteiger partial charge < -0.3 is 14.8 Å². The summed E-state index contributed by atoms with van der Waals surface area (Å²) in [4.78, 5) is 11.6. The van der Waals surface area contributed by atoms with Crippen LogP contribution in [0.25, 0.3) is 0 Å². The fourth-order valence-corrected chi connectivity index (χ4v) is 2.89. The minimum Gasteiger partial charge on any atom is -0.488 e. The second-order valence-corrected chi connectivity index (χ2v) is 6.07. The molecule has 4 nitrogen and oxygen atoms in total. The zero-order chi connectivity index (χ0) is 18.4. The fraction of sp³-hybridized carbons (Fsp3) is 0.381. The van der Waals surface area contributed by atoms with Crippen molar-refractivity contribution in [1.29, 1.82) is 0 Å². The summed E-state index contributed by atoms with van der Waals surface area (Å²) < 4.78 is 11.5. The van der Waals surface area contributed by atoms with Gasteiger partial charge in [0.05, 0.1) is 0 Å². The molecule has 0 atom stereocenters. The third kappa shape index (κ3) is 4.53. The molecule has 0 fully saturated rings. The fourth-order valence-electron chi connectivity index (χ4n) is 2.89. The van der Waals surface area contributed by atoms with Gasteiger partial charge in [-0.2, -0.15) is 0 Å². The van der Waals surface area contributed by atoms with Gasteiger partial charge in [-0.05, 0) is 61.1 Å². The Kier molecular flexibility index (Phi) is 6.45. The molecule has 0 unspecified atom stereocenters. The van der Waals surface area contributed by atoms with E-state index in [1.807, 2.05) is 12.1 Å². The average molecular weight is 341 g/mol. The molecular weight excluding hydrogens is 314 g/mol. The molecule has 0 heterocycles. The Labute approximate surface area is 150 Å². The van der Waals surface area contributed by atoms with E-state index in [2.05, 4.69) is 45.1 Å². The van der Waals surface area contributed by atoms with E-state index in [4.69, 9.17) is 9.47 Å². The van der Waals surface area contributed by atoms with Gasteiger partial charge in [0.1, 0.15) is 18.1 Å². The van der Waals surface area contributed by atoms with E-state index in [0.29, 0.717) is 12.4 Å². The van der Waals surface area contributed by atoms with E-state index in [0.717, 1.165) is 35.3 Å². The molecule has 0 aliphatic rings. The van der Waals surface area contributed by atoms with E-state index < -0.39 is 6.09 Å². The number of rotatable bonds is 6. The topological polar surface area (TPSA) is 47.6 Å². The molecule has 2 aromatic carbocycles. The van der Waals surface area contributed by atoms with Crippen LogP contribution in [0.3, 0.4) is 0 Å². The van der Waals surface area contributed by atoms with Crippen LogP contribution < -0.4 is 14.8 Å². The van der Waals surface area contributed by atoms with Crippen molar-refractivity contribution in [2.75, 3.05) is 7.05 Å². The van der Waals surface area contributed by atoms with Gasteiger partial charge in [-0.3, -0.25) is 0 Å². The van der Waals surface area contributed by atoms with Gasteiger partial charge in [-0.1, -0.05) is 32.0 Å². The summed E-state index contributed by atoms with van der Waals surface area (Å²) >= 11 is 0. The summed E-state index contributed by atoms with van der Waals surface area (Å²) in [5.74, 6) is 1.41. The van der Waals surface area contributed by atoms with E-state index >= 15 is 0 Å². The smallest absolute Gasteiger partial charge is 0.412 e. The van der Waals surface area contributed by atoms with Crippen molar-refractivity contribution in [2.24, 2.45) is 0 Å². The number of benzene rings is 2. The minimum atomic E-state index is -0.478. The summed E-state index contributed by atoms with van der Waals surface area (Å²) in [6, 6.07) is 9.99. The molecule has 0 aliphatic heterocycles. The highest BCUT2D eigenvalue weighted by molar-refractivity contribution is 5.70. The lowest BCUT2D eigenvalue weighted by Crippen LogP contribution is -2.23. The van der Waals surface area contributed by atoms with Crippen LogP contribution in [0.4, 0.5) is 4.79 Å². The summed E-state index contributed by atoms with van der Waals surface area (Å²) in [5, 5.41) is 2.48. The first-order chi connectivity index (χ1) is 12.0. The molecule has 0 aromatic heterocycles. The van der Waals surface area contributed by atoms with Crippen LogP contribution in [-0.2, 0) is 19.4 Å². The largest absolute Gasteiger partial charge is 0.488 e. The summed E-state index contributed by atoms with van der Waals surface area (Å²) in [5.41, 5.74) is 5.70. The van der Waals surface area contributed by atoms with Crippen LogP contribution >= 0.6 is 0 Å². The molecular formula is C21H27NO3. The number of ether oxygens (including phenoxy) is 2. The zero-order valence-electron chi connectivity index (χ0n) is 15.7. The Bertz CT molecular complexity index is 753. The molecule has 0 spiro atoms. The lowest BCUT2D eigenvalue weighted by molar-refractivity contribution is 0.201. The van der Waals surface area contributed by atoms with Crippen LogP contribution in [0.5, 0.6) is 11.5 Å². The van der Waals surface area contributed by atoms with Gasteiger partial charge in [0.25, 0.3) is 0 Å². The molecule has 0 bridgehead atoms. The number of amides is 1. The number of carbonyl (C=O) groups excluding carboxylic acids is 1. The average Bonchev–Trinajstić information content (AvgIpc) is 2.62. The standard InChI is InChI=1S/C21H27NO3/c1-6-16-9-8-10-19(25-21(23)22-5)18(16)13-24-20-12-14(3)17(7-2)11-15(20)4/h8-12H,6-7,13H2,1-5H3,(H,22,23). The van der Waals surface area contributed by atoms with Gasteiger partial charge in [-0.15, -0.1) is 0 Å². The second kappa shape index (κ2) is 8.56. The third-order valence-electron chi connectivity index (χ3n) is 4.40. The molecule has 1 N–H and O–H groups in total. The van der Waals surface area contributed by atoms with Crippen molar-refractivity contribution in [3.63, 3.8) is 0 Å². The molecule has 0 saturated carbocycles. The normalized spacial score (nSPS) is 10.4. The van der Waals surface area contributed by atoms with E-state index in [-0.39, 0.29) is 0 Å². The van der Waals surface area contributed by atoms with Crippen molar-refractivity contribution in [3.8, 4) is 11.5 Å². The van der Waals surface area contributed by atoms with E-state index in [1.54, 1.807) is 13.1 Å². The summed E-state index contributed by atoms with van der Waals surface area (Å²) in [7, 11) is 1.55. The van der Waals surface area contributed by atoms with Crippen molar-refractivity contribution in [1.82, 2.24) is 5.32 Å². The Balaban J connectivity index is 2.28. The molecule has 1 amide bonds. The van der Waals surface area contributed by atoms with Crippen LogP contribution in [-0.4, -0.2) is 13.1 Å². The summed E-state index contributed by atoms with van der Waals surface area (Å²) in [6.45, 7) is 8.76. The highest BCUT2D eigenvalue weighted by Crippen LogP contribution is 2.28. The van der Waals surface area contributed by atoms with Crippen LogP contribution in [0.1, 0.15) is 41.7 Å². The lowest BCUT2D eigenvalue weighted by atomic mass is 10.0. The second-order valence-electron chi connectivity index (χ2n) is 6.07. The molecule has 25 heavy (non-hydrogen) atoms. The van der Waals surface area contributed by atoms with Gasteiger partial charge in [0.15, 0.2) is 0 Å². The van der Waals surface area contributed by atoms with Gasteiger partial charge in [0, 0.05) is 12.6 Å². The molecule has 134 valence electrons. The Morgan fingerprint density at radius 2 is 1.72 bits per heavy atom. The first kappa shape index (κ1) is 18.8. The van der Waals surface area contributed by atoms with Crippen LogP contribution in [0, 0.1) is 13.8 Å². The lowest BCUT2D eigenvalue weighted by Gasteiger charge is -2.17. The van der Waals surface area contributed by atoms with Gasteiger partial charge >= 0.3 is 6.09 Å². The van der Waals surface area contributed by atoms with Crippen LogP contribution in [0.2, 0.25) is 0 Å². The molecule has 0 radical (unpaired) electrons. The van der Waals surface area contributed by atoms with E-state index in [1.165, 1.54) is 11.1 Å².